The third-order valence-corrected chi connectivity index (χ3v) is 2.18. The number of hydrogen-bond donors (Lipinski definition) is 0. The summed E-state index contributed by atoms with van der Waals surface area (Å²) in [6.45, 7) is 2.69. The Hall–Kier alpha value is -0.870. The largest absolute Gasteiger partial charge is 0.448 e. The Morgan fingerprint density at radius 2 is 2.38 bits per heavy atom. The van der Waals surface area contributed by atoms with Gasteiger partial charge in [0.2, 0.25) is 5.89 Å². The minimum absolute atomic E-state index is 0.715. The second-order valence-corrected chi connectivity index (χ2v) is 3.24. The van der Waals surface area contributed by atoms with E-state index < -0.39 is 0 Å². The average molecular weight is 180 g/mol. The molecule has 2 heterocycles. The predicted octanol–water partition coefficient (Wildman–Crippen LogP) is 1.18. The maximum atomic E-state index is 5.16. The van der Waals surface area contributed by atoms with Gasteiger partial charge in [0.25, 0.3) is 0 Å². The molecule has 1 aromatic rings. The molecule has 0 aromatic carbocycles. The van der Waals surface area contributed by atoms with Crippen LogP contribution in [0.1, 0.15) is 25.2 Å². The van der Waals surface area contributed by atoms with Gasteiger partial charge in [0, 0.05) is 13.1 Å². The molecule has 0 spiro atoms. The number of rotatable bonds is 2. The van der Waals surface area contributed by atoms with E-state index in [0.717, 1.165) is 19.0 Å². The van der Waals surface area contributed by atoms with Gasteiger partial charge in [-0.05, 0) is 12.8 Å². The van der Waals surface area contributed by atoms with E-state index in [1.807, 2.05) is 0 Å². The first-order valence-corrected chi connectivity index (χ1v) is 4.76. The topological polar surface area (TPSA) is 43.4 Å². The third kappa shape index (κ3) is 2.54. The van der Waals surface area contributed by atoms with Crippen LogP contribution in [0, 0.1) is 0 Å². The monoisotopic (exact) mass is 180 g/mol. The zero-order chi connectivity index (χ0) is 8.93. The lowest BCUT2D eigenvalue weighted by molar-refractivity contribution is 0.166. The van der Waals surface area contributed by atoms with Crippen LogP contribution >= 0.6 is 0 Å². The molecule has 4 nitrogen and oxygen atoms in total. The lowest BCUT2D eigenvalue weighted by Gasteiger charge is -2.15. The average Bonchev–Trinajstić information content (AvgIpc) is 2.49. The fourth-order valence-corrected chi connectivity index (χ4v) is 1.48. The van der Waals surface area contributed by atoms with E-state index >= 15 is 0 Å². The van der Waals surface area contributed by atoms with Crippen LogP contribution in [0.4, 0.5) is 0 Å². The fourth-order valence-electron chi connectivity index (χ4n) is 1.48. The Kier molecular flexibility index (Phi) is 2.94. The van der Waals surface area contributed by atoms with Crippen LogP contribution in [0.3, 0.4) is 0 Å². The quantitative estimate of drug-likeness (QED) is 0.686. The Balaban J connectivity index is 1.86. The van der Waals surface area contributed by atoms with Crippen molar-refractivity contribution >= 4 is 0 Å². The first-order chi connectivity index (χ1) is 6.45. The highest BCUT2D eigenvalue weighted by molar-refractivity contribution is 4.79. The van der Waals surface area contributed by atoms with Crippen molar-refractivity contribution in [1.82, 2.24) is 15.4 Å². The molecular weight excluding hydrogens is 166 g/mol. The summed E-state index contributed by atoms with van der Waals surface area (Å²) in [7, 11) is 0. The highest BCUT2D eigenvalue weighted by Gasteiger charge is 2.11. The zero-order valence-corrected chi connectivity index (χ0v) is 7.65. The smallest absolute Gasteiger partial charge is 0.209 e. The summed E-state index contributed by atoms with van der Waals surface area (Å²) in [5.74, 6) is 0.755. The van der Waals surface area contributed by atoms with Crippen molar-refractivity contribution in [1.29, 1.82) is 0 Å². The summed E-state index contributed by atoms with van der Waals surface area (Å²) in [4.78, 5) is 4.07. The maximum absolute atomic E-state index is 5.16. The van der Waals surface area contributed by atoms with Gasteiger partial charge in [-0.3, -0.25) is 0 Å². The molecule has 0 atom stereocenters. The van der Waals surface area contributed by atoms with Gasteiger partial charge >= 0.3 is 0 Å². The lowest BCUT2D eigenvalue weighted by Crippen LogP contribution is -2.31. The fraction of sp³-hybridized carbons (Fsp3) is 0.667. The Morgan fingerprint density at radius 1 is 1.38 bits per heavy atom. The molecule has 0 N–H and O–H groups in total. The second-order valence-electron chi connectivity index (χ2n) is 3.24. The highest BCUT2D eigenvalue weighted by Crippen LogP contribution is 2.07. The number of aromatic nitrogens is 1. The second kappa shape index (κ2) is 4.39. The molecule has 13 heavy (non-hydrogen) atoms. The van der Waals surface area contributed by atoms with Crippen molar-refractivity contribution in [2.24, 2.45) is 0 Å². The van der Waals surface area contributed by atoms with Gasteiger partial charge in [0.15, 0.2) is 0 Å². The van der Waals surface area contributed by atoms with Crippen LogP contribution < -0.4 is 5.43 Å². The summed E-state index contributed by atoms with van der Waals surface area (Å²) in [5.41, 5.74) is 4.43. The van der Waals surface area contributed by atoms with Gasteiger partial charge in [-0.25, -0.2) is 9.99 Å². The molecular formula is C9H14N3O. The molecule has 1 radical (unpaired) electrons. The van der Waals surface area contributed by atoms with Gasteiger partial charge in [0.1, 0.15) is 6.26 Å². The van der Waals surface area contributed by atoms with Gasteiger partial charge in [-0.15, -0.1) is 0 Å². The van der Waals surface area contributed by atoms with Crippen molar-refractivity contribution in [3.05, 3.63) is 18.4 Å². The SMILES string of the molecule is c1coc(CN2CCCCC[N]2)n1. The first-order valence-electron chi connectivity index (χ1n) is 4.76. The lowest BCUT2D eigenvalue weighted by atomic mass is 10.2. The molecule has 0 aliphatic carbocycles. The van der Waals surface area contributed by atoms with Crippen LogP contribution in [0.5, 0.6) is 0 Å². The van der Waals surface area contributed by atoms with Gasteiger partial charge < -0.3 is 4.42 Å². The van der Waals surface area contributed by atoms with Crippen LogP contribution in [-0.2, 0) is 6.54 Å². The molecule has 0 amide bonds. The van der Waals surface area contributed by atoms with E-state index in [0.29, 0.717) is 6.54 Å². The van der Waals surface area contributed by atoms with Crippen molar-refractivity contribution < 1.29 is 4.42 Å². The normalized spacial score (nSPS) is 20.0. The molecule has 1 aliphatic heterocycles. The van der Waals surface area contributed by atoms with E-state index in [1.165, 1.54) is 19.3 Å². The Labute approximate surface area is 77.9 Å². The number of nitrogens with zero attached hydrogens (tertiary/aromatic N) is 3. The Morgan fingerprint density at radius 3 is 3.23 bits per heavy atom. The maximum Gasteiger partial charge on any atom is 0.209 e. The summed E-state index contributed by atoms with van der Waals surface area (Å²) >= 11 is 0. The molecule has 1 aromatic heterocycles. The van der Waals surface area contributed by atoms with Crippen LogP contribution in [0.25, 0.3) is 0 Å². The molecule has 0 unspecified atom stereocenters. The van der Waals surface area contributed by atoms with Crippen LogP contribution in [0.15, 0.2) is 16.9 Å². The van der Waals surface area contributed by atoms with Crippen molar-refractivity contribution in [2.45, 2.75) is 25.8 Å². The van der Waals surface area contributed by atoms with Gasteiger partial charge in [0.05, 0.1) is 12.7 Å². The minimum Gasteiger partial charge on any atom is -0.448 e. The summed E-state index contributed by atoms with van der Waals surface area (Å²) in [6, 6.07) is 0. The number of hydrogen-bond acceptors (Lipinski definition) is 3. The molecule has 1 saturated heterocycles. The van der Waals surface area contributed by atoms with Gasteiger partial charge in [-0.2, -0.15) is 5.43 Å². The van der Waals surface area contributed by atoms with E-state index in [9.17, 15) is 0 Å². The first kappa shape index (κ1) is 8.72. The van der Waals surface area contributed by atoms with Crippen molar-refractivity contribution in [2.75, 3.05) is 13.1 Å². The van der Waals surface area contributed by atoms with Crippen molar-refractivity contribution in [3.8, 4) is 0 Å². The summed E-state index contributed by atoms with van der Waals surface area (Å²) < 4.78 is 5.16. The number of oxazole rings is 1. The predicted molar refractivity (Wildman–Crippen MR) is 47.8 cm³/mol. The molecule has 0 bridgehead atoms. The summed E-state index contributed by atoms with van der Waals surface area (Å²) in [5, 5.41) is 2.05. The van der Waals surface area contributed by atoms with E-state index in [-0.39, 0.29) is 0 Å². The molecule has 4 heteroatoms. The van der Waals surface area contributed by atoms with E-state index in [2.05, 4.69) is 15.4 Å². The molecule has 0 saturated carbocycles. The third-order valence-electron chi connectivity index (χ3n) is 2.18. The molecule has 1 fully saturated rings. The van der Waals surface area contributed by atoms with Crippen LogP contribution in [-0.4, -0.2) is 23.1 Å². The van der Waals surface area contributed by atoms with E-state index in [1.54, 1.807) is 12.5 Å². The van der Waals surface area contributed by atoms with Crippen LogP contribution in [0.2, 0.25) is 0 Å². The van der Waals surface area contributed by atoms with E-state index in [4.69, 9.17) is 4.42 Å². The molecule has 71 valence electrons. The highest BCUT2D eigenvalue weighted by atomic mass is 16.3. The minimum atomic E-state index is 0.715. The summed E-state index contributed by atoms with van der Waals surface area (Å²) in [6.07, 6.45) is 7.00. The molecule has 2 rings (SSSR count). The van der Waals surface area contributed by atoms with Gasteiger partial charge in [-0.1, -0.05) is 6.42 Å². The Bertz CT molecular complexity index is 227. The standard InChI is InChI=1S/C9H14N3O/c1-2-4-11-12(6-3-1)8-9-10-5-7-13-9/h5,7H,1-4,6,8H2. The zero-order valence-electron chi connectivity index (χ0n) is 7.65. The van der Waals surface area contributed by atoms with Crippen molar-refractivity contribution in [3.63, 3.8) is 0 Å². The molecule has 1 aliphatic rings.